The molecule has 158 valence electrons. The van der Waals surface area contributed by atoms with Gasteiger partial charge in [0.1, 0.15) is 0 Å². The first-order chi connectivity index (χ1) is 14.5. The number of nitrogens with one attached hydrogen (secondary N) is 1. The van der Waals surface area contributed by atoms with Crippen molar-refractivity contribution in [3.05, 3.63) is 81.3 Å². The van der Waals surface area contributed by atoms with Gasteiger partial charge in [0.2, 0.25) is 0 Å². The van der Waals surface area contributed by atoms with E-state index in [2.05, 4.69) is 51.8 Å². The third-order valence-electron chi connectivity index (χ3n) is 5.02. The highest BCUT2D eigenvalue weighted by molar-refractivity contribution is 7.98. The molecule has 4 nitrogen and oxygen atoms in total. The largest absolute Gasteiger partial charge is 0.350 e. The number of hydrogen-bond acceptors (Lipinski definition) is 5. The standard InChI is InChI=1S/C24H29N3OS2/c1-5-18-6-8-19(9-7-18)23(27(3)4)14-25-24(28)20-10-12-22(13-11-20)30-16-21-15-29-17(2)26-21/h6-13,15,23H,5,14,16H2,1-4H3,(H,25,28)/t23-/m1/s1. The van der Waals surface area contributed by atoms with Crippen LogP contribution in [0.1, 0.15) is 45.2 Å². The van der Waals surface area contributed by atoms with Crippen LogP contribution in [0, 0.1) is 6.92 Å². The molecule has 0 aliphatic heterocycles. The normalized spacial score (nSPS) is 12.2. The second-order valence-corrected chi connectivity index (χ2v) is 9.57. The molecular weight excluding hydrogens is 410 g/mol. The molecule has 0 aliphatic carbocycles. The molecule has 1 amide bonds. The lowest BCUT2D eigenvalue weighted by Gasteiger charge is -2.25. The highest BCUT2D eigenvalue weighted by Crippen LogP contribution is 2.24. The number of thioether (sulfide) groups is 1. The van der Waals surface area contributed by atoms with E-state index in [1.807, 2.05) is 45.3 Å². The lowest BCUT2D eigenvalue weighted by Crippen LogP contribution is -2.34. The molecule has 1 heterocycles. The van der Waals surface area contributed by atoms with Crippen molar-refractivity contribution in [1.82, 2.24) is 15.2 Å². The second-order valence-electron chi connectivity index (χ2n) is 7.46. The molecule has 6 heteroatoms. The van der Waals surface area contributed by atoms with Crippen LogP contribution in [0.5, 0.6) is 0 Å². The topological polar surface area (TPSA) is 45.2 Å². The second kappa shape index (κ2) is 10.8. The van der Waals surface area contributed by atoms with Crippen LogP contribution < -0.4 is 5.32 Å². The number of thiazole rings is 1. The lowest BCUT2D eigenvalue weighted by atomic mass is 10.0. The summed E-state index contributed by atoms with van der Waals surface area (Å²) in [7, 11) is 4.08. The van der Waals surface area contributed by atoms with Crippen molar-refractivity contribution in [1.29, 1.82) is 0 Å². The predicted molar refractivity (Wildman–Crippen MR) is 127 cm³/mol. The van der Waals surface area contributed by atoms with Crippen LogP contribution in [0.2, 0.25) is 0 Å². The molecule has 0 saturated carbocycles. The van der Waals surface area contributed by atoms with E-state index in [1.165, 1.54) is 11.1 Å². The van der Waals surface area contributed by atoms with Crippen molar-refractivity contribution in [2.24, 2.45) is 0 Å². The fourth-order valence-corrected chi connectivity index (χ4v) is 4.71. The zero-order valence-corrected chi connectivity index (χ0v) is 19.6. The van der Waals surface area contributed by atoms with Gasteiger partial charge in [-0.15, -0.1) is 23.1 Å². The molecule has 0 spiro atoms. The van der Waals surface area contributed by atoms with E-state index >= 15 is 0 Å². The zero-order valence-electron chi connectivity index (χ0n) is 18.0. The third-order valence-corrected chi connectivity index (χ3v) is 6.89. The van der Waals surface area contributed by atoms with Crippen molar-refractivity contribution in [2.45, 2.75) is 37.0 Å². The first kappa shape index (κ1) is 22.5. The Labute approximate surface area is 187 Å². The SMILES string of the molecule is CCc1ccc([C@@H](CNC(=O)c2ccc(SCc3csc(C)n3)cc2)N(C)C)cc1. The Morgan fingerprint density at radius 1 is 1.13 bits per heavy atom. The number of nitrogens with zero attached hydrogens (tertiary/aromatic N) is 2. The fourth-order valence-electron chi connectivity index (χ4n) is 3.20. The summed E-state index contributed by atoms with van der Waals surface area (Å²) in [6, 6.07) is 16.6. The van der Waals surface area contributed by atoms with Gasteiger partial charge in [-0.1, -0.05) is 31.2 Å². The van der Waals surface area contributed by atoms with Crippen molar-refractivity contribution < 1.29 is 4.79 Å². The van der Waals surface area contributed by atoms with Crippen LogP contribution in [-0.4, -0.2) is 36.4 Å². The lowest BCUT2D eigenvalue weighted by molar-refractivity contribution is 0.0942. The van der Waals surface area contributed by atoms with Gasteiger partial charge in [-0.25, -0.2) is 4.98 Å². The molecule has 1 N–H and O–H groups in total. The molecule has 0 fully saturated rings. The quantitative estimate of drug-likeness (QED) is 0.457. The van der Waals surface area contributed by atoms with E-state index in [9.17, 15) is 4.79 Å². The molecule has 1 atom stereocenters. The Balaban J connectivity index is 1.56. The van der Waals surface area contributed by atoms with Gasteiger partial charge in [-0.3, -0.25) is 4.79 Å². The Bertz CT molecular complexity index is 949. The monoisotopic (exact) mass is 439 g/mol. The molecule has 3 rings (SSSR count). The molecule has 0 saturated heterocycles. The van der Waals surface area contributed by atoms with Crippen LogP contribution in [-0.2, 0) is 12.2 Å². The number of rotatable bonds is 9. The molecule has 0 bridgehead atoms. The van der Waals surface area contributed by atoms with Crippen molar-refractivity contribution in [3.8, 4) is 0 Å². The maximum absolute atomic E-state index is 12.7. The average Bonchev–Trinajstić information content (AvgIpc) is 3.18. The van der Waals surface area contributed by atoms with Crippen LogP contribution in [0.4, 0.5) is 0 Å². The smallest absolute Gasteiger partial charge is 0.251 e. The molecule has 0 unspecified atom stereocenters. The molecule has 1 aromatic heterocycles. The molecule has 3 aromatic rings. The van der Waals surface area contributed by atoms with Gasteiger partial charge >= 0.3 is 0 Å². The van der Waals surface area contributed by atoms with Gasteiger partial charge in [0, 0.05) is 28.1 Å². The maximum atomic E-state index is 12.7. The molecule has 0 radical (unpaired) electrons. The number of amides is 1. The minimum atomic E-state index is -0.0429. The third kappa shape index (κ3) is 6.17. The summed E-state index contributed by atoms with van der Waals surface area (Å²) < 4.78 is 0. The highest BCUT2D eigenvalue weighted by Gasteiger charge is 2.16. The Kier molecular flexibility index (Phi) is 8.08. The zero-order chi connectivity index (χ0) is 21.5. The van der Waals surface area contributed by atoms with E-state index in [1.54, 1.807) is 23.1 Å². The minimum Gasteiger partial charge on any atom is -0.350 e. The van der Waals surface area contributed by atoms with Gasteiger partial charge in [0.05, 0.1) is 16.7 Å². The van der Waals surface area contributed by atoms with E-state index < -0.39 is 0 Å². The van der Waals surface area contributed by atoms with Crippen LogP contribution in [0.25, 0.3) is 0 Å². The van der Waals surface area contributed by atoms with Gasteiger partial charge in [-0.05, 0) is 62.8 Å². The van der Waals surface area contributed by atoms with E-state index in [4.69, 9.17) is 0 Å². The summed E-state index contributed by atoms with van der Waals surface area (Å²) in [6.07, 6.45) is 1.03. The van der Waals surface area contributed by atoms with Crippen molar-refractivity contribution >= 4 is 29.0 Å². The highest BCUT2D eigenvalue weighted by atomic mass is 32.2. The number of hydrogen-bond donors (Lipinski definition) is 1. The number of carbonyl (C=O) groups is 1. The number of carbonyl (C=O) groups excluding carboxylic acids is 1. The van der Waals surface area contributed by atoms with E-state index in [-0.39, 0.29) is 11.9 Å². The summed E-state index contributed by atoms with van der Waals surface area (Å²) in [6.45, 7) is 4.74. The van der Waals surface area contributed by atoms with Gasteiger partial charge in [0.25, 0.3) is 5.91 Å². The van der Waals surface area contributed by atoms with E-state index in [0.717, 1.165) is 27.8 Å². The van der Waals surface area contributed by atoms with Crippen LogP contribution in [0.15, 0.2) is 58.8 Å². The summed E-state index contributed by atoms with van der Waals surface area (Å²) in [5, 5.41) is 6.28. The summed E-state index contributed by atoms with van der Waals surface area (Å²) >= 11 is 3.41. The molecule has 2 aromatic carbocycles. The van der Waals surface area contributed by atoms with E-state index in [0.29, 0.717) is 12.1 Å². The molecule has 0 aliphatic rings. The van der Waals surface area contributed by atoms with Gasteiger partial charge in [0.15, 0.2) is 0 Å². The van der Waals surface area contributed by atoms with Gasteiger partial charge in [-0.2, -0.15) is 0 Å². The van der Waals surface area contributed by atoms with Crippen LogP contribution >= 0.6 is 23.1 Å². The summed E-state index contributed by atoms with van der Waals surface area (Å²) in [5.41, 5.74) is 4.32. The number of aryl methyl sites for hydroxylation is 2. The predicted octanol–water partition coefficient (Wildman–Crippen LogP) is 5.34. The Morgan fingerprint density at radius 2 is 1.83 bits per heavy atom. The number of likely N-dealkylation sites (N-methyl/N-ethyl adjacent to an activating group) is 1. The minimum absolute atomic E-state index is 0.0429. The Hall–Kier alpha value is -2.15. The van der Waals surface area contributed by atoms with Crippen molar-refractivity contribution in [3.63, 3.8) is 0 Å². The summed E-state index contributed by atoms with van der Waals surface area (Å²) in [5.74, 6) is 0.802. The molecular formula is C24H29N3OS2. The summed E-state index contributed by atoms with van der Waals surface area (Å²) in [4.78, 5) is 20.4. The Morgan fingerprint density at radius 3 is 2.40 bits per heavy atom. The van der Waals surface area contributed by atoms with Crippen LogP contribution in [0.3, 0.4) is 0 Å². The first-order valence-electron chi connectivity index (χ1n) is 10.1. The number of aromatic nitrogens is 1. The average molecular weight is 440 g/mol. The maximum Gasteiger partial charge on any atom is 0.251 e. The molecule has 30 heavy (non-hydrogen) atoms. The first-order valence-corrected chi connectivity index (χ1v) is 12.0. The number of benzene rings is 2. The fraction of sp³-hybridized carbons (Fsp3) is 0.333. The van der Waals surface area contributed by atoms with Crippen molar-refractivity contribution in [2.75, 3.05) is 20.6 Å². The van der Waals surface area contributed by atoms with Gasteiger partial charge < -0.3 is 10.2 Å².